The molecule has 0 saturated heterocycles. The molecule has 0 aliphatic carbocycles. The molecule has 0 radical (unpaired) electrons. The molecule has 0 saturated carbocycles. The van der Waals surface area contributed by atoms with Crippen molar-refractivity contribution in [3.63, 3.8) is 0 Å². The van der Waals surface area contributed by atoms with E-state index in [-0.39, 0.29) is 21.7 Å². The lowest BCUT2D eigenvalue weighted by Crippen LogP contribution is -2.04. The lowest BCUT2D eigenvalue weighted by molar-refractivity contribution is 0.603. The molecule has 0 aliphatic rings. The highest BCUT2D eigenvalue weighted by Crippen LogP contribution is 2.40. The first-order valence-electron chi connectivity index (χ1n) is 6.32. The first kappa shape index (κ1) is 16.7. The summed E-state index contributed by atoms with van der Waals surface area (Å²) in [5.41, 5.74) is 5.90. The normalized spacial score (nSPS) is 10.1. The van der Waals surface area contributed by atoms with Crippen molar-refractivity contribution < 1.29 is 4.39 Å². The second-order valence-corrected chi connectivity index (χ2v) is 6.27. The van der Waals surface area contributed by atoms with E-state index in [0.29, 0.717) is 10.6 Å². The zero-order chi connectivity index (χ0) is 15.1. The van der Waals surface area contributed by atoms with E-state index in [1.807, 2.05) is 26.0 Å². The summed E-state index contributed by atoms with van der Waals surface area (Å²) in [5.74, 6) is 0.818. The van der Waals surface area contributed by atoms with Crippen LogP contribution in [-0.4, -0.2) is 11.5 Å². The average Bonchev–Trinajstić information content (AvgIpc) is 2.46. The molecule has 0 atom stereocenters. The van der Waals surface area contributed by atoms with Gasteiger partial charge in [0.2, 0.25) is 0 Å². The number of nitrogen functional groups attached to an aromatic ring is 1. The number of nitrogens with two attached hydrogens (primary N) is 1. The number of nitrogens with zero attached hydrogens (tertiary/aromatic N) is 2. The Kier molecular flexibility index (Phi) is 6.70. The Morgan fingerprint density at radius 2 is 1.50 bits per heavy atom. The van der Waals surface area contributed by atoms with Crippen molar-refractivity contribution in [2.24, 2.45) is 0 Å². The van der Waals surface area contributed by atoms with E-state index in [9.17, 15) is 14.9 Å². The van der Waals surface area contributed by atoms with Crippen LogP contribution in [0.2, 0.25) is 0 Å². The fraction of sp³-hybridized carbons (Fsp3) is 0.429. The summed E-state index contributed by atoms with van der Waals surface area (Å²) in [6.07, 6.45) is 1.77. The zero-order valence-electron chi connectivity index (χ0n) is 11.5. The Balaban J connectivity index is 3.50. The van der Waals surface area contributed by atoms with Gasteiger partial charge in [0.05, 0.1) is 21.7 Å². The van der Waals surface area contributed by atoms with Crippen LogP contribution < -0.4 is 5.73 Å². The zero-order valence-corrected chi connectivity index (χ0v) is 13.1. The lowest BCUT2D eigenvalue weighted by atomic mass is 10.1. The molecule has 0 aliphatic heterocycles. The van der Waals surface area contributed by atoms with E-state index in [1.54, 1.807) is 0 Å². The van der Waals surface area contributed by atoms with Crippen molar-refractivity contribution in [3.8, 4) is 12.1 Å². The van der Waals surface area contributed by atoms with Crippen LogP contribution in [0, 0.1) is 28.5 Å². The van der Waals surface area contributed by atoms with Crippen molar-refractivity contribution in [2.45, 2.75) is 36.5 Å². The number of nitriles is 2. The van der Waals surface area contributed by atoms with Crippen molar-refractivity contribution in [2.75, 3.05) is 17.2 Å². The molecule has 2 N–H and O–H groups in total. The van der Waals surface area contributed by atoms with Gasteiger partial charge in [0.25, 0.3) is 0 Å². The number of rotatable bonds is 6. The molecule has 106 valence electrons. The van der Waals surface area contributed by atoms with Gasteiger partial charge < -0.3 is 5.73 Å². The van der Waals surface area contributed by atoms with Gasteiger partial charge in [0.1, 0.15) is 12.1 Å². The molecule has 6 heteroatoms. The molecule has 0 unspecified atom stereocenters. The predicted octanol–water partition coefficient (Wildman–Crippen LogP) is 4.16. The Morgan fingerprint density at radius 3 is 1.95 bits per heavy atom. The highest BCUT2D eigenvalue weighted by molar-refractivity contribution is 8.00. The molecule has 0 fully saturated rings. The maximum Gasteiger partial charge on any atom is 0.162 e. The molecular weight excluding hydrogens is 293 g/mol. The number of anilines is 1. The van der Waals surface area contributed by atoms with Crippen molar-refractivity contribution >= 4 is 29.2 Å². The highest BCUT2D eigenvalue weighted by Gasteiger charge is 2.23. The number of benzene rings is 1. The van der Waals surface area contributed by atoms with E-state index in [1.165, 1.54) is 23.5 Å². The largest absolute Gasteiger partial charge is 0.395 e. The van der Waals surface area contributed by atoms with Gasteiger partial charge in [-0.05, 0) is 24.3 Å². The third kappa shape index (κ3) is 3.39. The highest BCUT2D eigenvalue weighted by atomic mass is 32.2. The Labute approximate surface area is 127 Å². The van der Waals surface area contributed by atoms with Crippen molar-refractivity contribution in [3.05, 3.63) is 16.9 Å². The van der Waals surface area contributed by atoms with Crippen LogP contribution >= 0.6 is 23.5 Å². The van der Waals surface area contributed by atoms with Gasteiger partial charge in [-0.3, -0.25) is 0 Å². The second kappa shape index (κ2) is 8.04. The van der Waals surface area contributed by atoms with Crippen LogP contribution in [0.3, 0.4) is 0 Å². The quantitative estimate of drug-likeness (QED) is 0.631. The van der Waals surface area contributed by atoms with Gasteiger partial charge in [0, 0.05) is 4.90 Å². The molecule has 0 aromatic heterocycles. The van der Waals surface area contributed by atoms with Crippen LogP contribution in [0.4, 0.5) is 10.1 Å². The van der Waals surface area contributed by atoms with E-state index >= 15 is 0 Å². The third-order valence-corrected chi connectivity index (χ3v) is 5.10. The smallest absolute Gasteiger partial charge is 0.162 e. The maximum atomic E-state index is 14.3. The van der Waals surface area contributed by atoms with Crippen LogP contribution in [0.15, 0.2) is 9.79 Å². The molecule has 0 amide bonds. The summed E-state index contributed by atoms with van der Waals surface area (Å²) in [5, 5.41) is 18.5. The molecule has 1 aromatic carbocycles. The standard InChI is InChI=1S/C14H16FN3S2/c1-3-5-19-13-9(7-16)12(18)11(15)14(10(13)8-17)20-6-4-2/h3-6,18H2,1-2H3. The fourth-order valence-corrected chi connectivity index (χ4v) is 3.59. The number of thioether (sulfide) groups is 2. The first-order valence-corrected chi connectivity index (χ1v) is 8.30. The van der Waals surface area contributed by atoms with E-state index in [0.717, 1.165) is 18.6 Å². The van der Waals surface area contributed by atoms with Gasteiger partial charge in [-0.2, -0.15) is 10.5 Å². The van der Waals surface area contributed by atoms with Gasteiger partial charge in [0.15, 0.2) is 5.82 Å². The Bertz CT molecular complexity index is 573. The second-order valence-electron chi connectivity index (χ2n) is 4.06. The molecule has 0 heterocycles. The van der Waals surface area contributed by atoms with Crippen molar-refractivity contribution in [1.82, 2.24) is 0 Å². The molecular formula is C14H16FN3S2. The SMILES string of the molecule is CCCSc1c(F)c(N)c(C#N)c(SCCC)c1C#N. The fourth-order valence-electron chi connectivity index (χ4n) is 1.59. The average molecular weight is 309 g/mol. The summed E-state index contributed by atoms with van der Waals surface area (Å²) in [6.45, 7) is 3.99. The summed E-state index contributed by atoms with van der Waals surface area (Å²) >= 11 is 2.67. The van der Waals surface area contributed by atoms with Crippen LogP contribution in [-0.2, 0) is 0 Å². The molecule has 20 heavy (non-hydrogen) atoms. The molecule has 3 nitrogen and oxygen atoms in total. The summed E-state index contributed by atoms with van der Waals surface area (Å²) < 4.78 is 14.3. The minimum absolute atomic E-state index is 0.0818. The number of hydrogen-bond donors (Lipinski definition) is 1. The Hall–Kier alpha value is -1.37. The van der Waals surface area contributed by atoms with Gasteiger partial charge in [-0.25, -0.2) is 4.39 Å². The van der Waals surface area contributed by atoms with Crippen molar-refractivity contribution in [1.29, 1.82) is 10.5 Å². The summed E-state index contributed by atoms with van der Waals surface area (Å²) in [7, 11) is 0. The van der Waals surface area contributed by atoms with Crippen LogP contribution in [0.1, 0.15) is 37.8 Å². The minimum atomic E-state index is -0.641. The monoisotopic (exact) mass is 309 g/mol. The summed E-state index contributed by atoms with van der Waals surface area (Å²) in [4.78, 5) is 0.777. The maximum absolute atomic E-state index is 14.3. The third-order valence-electron chi connectivity index (χ3n) is 2.51. The molecule has 1 aromatic rings. The first-order chi connectivity index (χ1) is 9.62. The number of halogens is 1. The van der Waals surface area contributed by atoms with E-state index < -0.39 is 5.82 Å². The summed E-state index contributed by atoms with van der Waals surface area (Å²) in [6, 6.07) is 3.96. The van der Waals surface area contributed by atoms with Gasteiger partial charge >= 0.3 is 0 Å². The topological polar surface area (TPSA) is 73.6 Å². The molecule has 0 spiro atoms. The number of hydrogen-bond acceptors (Lipinski definition) is 5. The van der Waals surface area contributed by atoms with Crippen LogP contribution in [0.25, 0.3) is 0 Å². The molecule has 0 bridgehead atoms. The van der Waals surface area contributed by atoms with Gasteiger partial charge in [-0.15, -0.1) is 23.5 Å². The minimum Gasteiger partial charge on any atom is -0.395 e. The van der Waals surface area contributed by atoms with E-state index in [4.69, 9.17) is 5.73 Å². The molecule has 1 rings (SSSR count). The van der Waals surface area contributed by atoms with Crippen LogP contribution in [0.5, 0.6) is 0 Å². The lowest BCUT2D eigenvalue weighted by Gasteiger charge is -2.14. The van der Waals surface area contributed by atoms with Gasteiger partial charge in [-0.1, -0.05) is 13.8 Å². The van der Waals surface area contributed by atoms with E-state index in [2.05, 4.69) is 0 Å². The Morgan fingerprint density at radius 1 is 1.00 bits per heavy atom. The predicted molar refractivity (Wildman–Crippen MR) is 82.3 cm³/mol.